The van der Waals surface area contributed by atoms with Crippen LogP contribution in [0.15, 0.2) is 30.3 Å². The van der Waals surface area contributed by atoms with E-state index in [1.165, 1.54) is 0 Å². The van der Waals surface area contributed by atoms with Crippen LogP contribution in [0.5, 0.6) is 0 Å². The summed E-state index contributed by atoms with van der Waals surface area (Å²) in [4.78, 5) is 22.2. The van der Waals surface area contributed by atoms with Crippen LogP contribution in [0, 0.1) is 0 Å². The van der Waals surface area contributed by atoms with Crippen molar-refractivity contribution in [2.24, 2.45) is 0 Å². The molecule has 0 saturated heterocycles. The van der Waals surface area contributed by atoms with Gasteiger partial charge in [0.05, 0.1) is 0 Å². The average Bonchev–Trinajstić information content (AvgIpc) is 2.25. The Morgan fingerprint density at radius 1 is 1.19 bits per heavy atom. The first kappa shape index (κ1) is 11.8. The Balaban J connectivity index is 2.62. The van der Waals surface area contributed by atoms with Gasteiger partial charge in [0, 0.05) is 18.8 Å². The Bertz CT molecular complexity index is 366. The van der Waals surface area contributed by atoms with E-state index in [1.54, 1.807) is 30.3 Å². The molecule has 0 aliphatic carbocycles. The van der Waals surface area contributed by atoms with Crippen molar-refractivity contribution >= 4 is 17.9 Å². The molecule has 1 aromatic carbocycles. The molecule has 0 bridgehead atoms. The van der Waals surface area contributed by atoms with E-state index >= 15 is 0 Å². The summed E-state index contributed by atoms with van der Waals surface area (Å²) in [6.07, 6.45) is -2.28. The minimum absolute atomic E-state index is 0.0521. The number of hydrogen-bond acceptors (Lipinski definition) is 2. The Morgan fingerprint density at radius 2 is 1.81 bits per heavy atom. The van der Waals surface area contributed by atoms with Crippen LogP contribution in [-0.4, -0.2) is 35.5 Å². The molecule has 3 N–H and O–H groups in total. The van der Waals surface area contributed by atoms with Crippen molar-refractivity contribution in [1.82, 2.24) is 5.32 Å². The van der Waals surface area contributed by atoms with Gasteiger partial charge in [-0.05, 0) is 12.1 Å². The first-order valence-electron chi connectivity index (χ1n) is 4.63. The molecule has 0 heterocycles. The van der Waals surface area contributed by atoms with Gasteiger partial charge in [0.15, 0.2) is 0 Å². The number of rotatable bonds is 4. The van der Waals surface area contributed by atoms with Gasteiger partial charge in [0.2, 0.25) is 0 Å². The Hall–Kier alpha value is -2.24. The zero-order chi connectivity index (χ0) is 12.0. The van der Waals surface area contributed by atoms with Crippen LogP contribution in [0.4, 0.5) is 15.3 Å². The maximum atomic E-state index is 10.9. The fourth-order valence-corrected chi connectivity index (χ4v) is 1.22. The second-order valence-corrected chi connectivity index (χ2v) is 3.00. The van der Waals surface area contributed by atoms with E-state index in [4.69, 9.17) is 10.2 Å². The average molecular weight is 224 g/mol. The number of para-hydroxylation sites is 1. The highest BCUT2D eigenvalue weighted by atomic mass is 16.4. The number of nitrogens with zero attached hydrogens (tertiary/aromatic N) is 1. The van der Waals surface area contributed by atoms with E-state index in [9.17, 15) is 9.59 Å². The number of benzene rings is 1. The van der Waals surface area contributed by atoms with Gasteiger partial charge in [-0.1, -0.05) is 18.2 Å². The molecule has 0 aliphatic rings. The molecule has 1 rings (SSSR count). The predicted molar refractivity (Wildman–Crippen MR) is 57.8 cm³/mol. The molecule has 0 radical (unpaired) electrons. The molecule has 0 saturated carbocycles. The van der Waals surface area contributed by atoms with Crippen LogP contribution in [0.3, 0.4) is 0 Å². The number of carboxylic acid groups (broad SMARTS) is 2. The van der Waals surface area contributed by atoms with Crippen molar-refractivity contribution < 1.29 is 19.8 Å². The fraction of sp³-hybridized carbons (Fsp3) is 0.200. The molecule has 6 heteroatoms. The second-order valence-electron chi connectivity index (χ2n) is 3.00. The van der Waals surface area contributed by atoms with Gasteiger partial charge in [0.1, 0.15) is 0 Å². The molecule has 0 spiro atoms. The van der Waals surface area contributed by atoms with Crippen LogP contribution in [-0.2, 0) is 0 Å². The summed E-state index contributed by atoms with van der Waals surface area (Å²) in [5.74, 6) is 0. The third-order valence-corrected chi connectivity index (χ3v) is 1.91. The maximum absolute atomic E-state index is 10.9. The molecule has 6 nitrogen and oxygen atoms in total. The molecular weight excluding hydrogens is 212 g/mol. The third-order valence-electron chi connectivity index (χ3n) is 1.91. The number of anilines is 1. The van der Waals surface area contributed by atoms with Crippen molar-refractivity contribution in [3.63, 3.8) is 0 Å². The minimum Gasteiger partial charge on any atom is -0.465 e. The highest BCUT2D eigenvalue weighted by molar-refractivity contribution is 5.85. The van der Waals surface area contributed by atoms with Crippen molar-refractivity contribution in [2.75, 3.05) is 18.0 Å². The van der Waals surface area contributed by atoms with Gasteiger partial charge in [-0.3, -0.25) is 4.90 Å². The lowest BCUT2D eigenvalue weighted by Gasteiger charge is -2.18. The number of hydrogen-bond donors (Lipinski definition) is 3. The first-order chi connectivity index (χ1) is 7.61. The molecule has 86 valence electrons. The third kappa shape index (κ3) is 3.49. The molecular formula is C10H12N2O4. The zero-order valence-corrected chi connectivity index (χ0v) is 8.46. The summed E-state index contributed by atoms with van der Waals surface area (Å²) in [7, 11) is 0. The number of nitrogens with one attached hydrogen (secondary N) is 1. The van der Waals surface area contributed by atoms with Crippen LogP contribution < -0.4 is 10.2 Å². The van der Waals surface area contributed by atoms with Gasteiger partial charge < -0.3 is 15.5 Å². The van der Waals surface area contributed by atoms with Gasteiger partial charge in [-0.15, -0.1) is 0 Å². The van der Waals surface area contributed by atoms with Crippen LogP contribution in [0.2, 0.25) is 0 Å². The smallest absolute Gasteiger partial charge is 0.411 e. The summed E-state index contributed by atoms with van der Waals surface area (Å²) in [6, 6.07) is 8.51. The summed E-state index contributed by atoms with van der Waals surface area (Å²) in [5.41, 5.74) is 0.516. The van der Waals surface area contributed by atoms with Crippen molar-refractivity contribution in [2.45, 2.75) is 0 Å². The molecule has 0 unspecified atom stereocenters. The fourth-order valence-electron chi connectivity index (χ4n) is 1.22. The van der Waals surface area contributed by atoms with Gasteiger partial charge in [0.25, 0.3) is 0 Å². The molecule has 2 amide bonds. The Morgan fingerprint density at radius 3 is 2.31 bits per heavy atom. The number of amides is 2. The Labute approximate surface area is 92.1 Å². The predicted octanol–water partition coefficient (Wildman–Crippen LogP) is 1.44. The summed E-state index contributed by atoms with van der Waals surface area (Å²) in [5, 5.41) is 19.4. The van der Waals surface area contributed by atoms with Crippen LogP contribution in [0.25, 0.3) is 0 Å². The molecule has 0 aromatic heterocycles. The first-order valence-corrected chi connectivity index (χ1v) is 4.63. The normalized spacial score (nSPS) is 9.50. The van der Waals surface area contributed by atoms with Crippen LogP contribution in [0.1, 0.15) is 0 Å². The summed E-state index contributed by atoms with van der Waals surface area (Å²) in [6.45, 7) is 0.127. The Kier molecular flexibility index (Phi) is 4.14. The second kappa shape index (κ2) is 5.59. The molecule has 1 aromatic rings. The SMILES string of the molecule is O=C(O)NCCN(C(=O)O)c1ccccc1. The molecule has 0 fully saturated rings. The summed E-state index contributed by atoms with van der Waals surface area (Å²) >= 11 is 0. The van der Waals surface area contributed by atoms with Gasteiger partial charge in [-0.2, -0.15) is 0 Å². The lowest BCUT2D eigenvalue weighted by Crippen LogP contribution is -2.37. The van der Waals surface area contributed by atoms with Crippen LogP contribution >= 0.6 is 0 Å². The van der Waals surface area contributed by atoms with E-state index in [0.29, 0.717) is 5.69 Å². The highest BCUT2D eigenvalue weighted by Crippen LogP contribution is 2.12. The lowest BCUT2D eigenvalue weighted by atomic mass is 10.3. The van der Waals surface area contributed by atoms with E-state index in [2.05, 4.69) is 5.32 Å². The molecule has 0 aliphatic heterocycles. The summed E-state index contributed by atoms with van der Waals surface area (Å²) < 4.78 is 0. The standard InChI is InChI=1S/C10H12N2O4/c13-9(14)11-6-7-12(10(15)16)8-4-2-1-3-5-8/h1-5,11H,6-7H2,(H,13,14)(H,15,16). The molecule has 16 heavy (non-hydrogen) atoms. The minimum atomic E-state index is -1.17. The van der Waals surface area contributed by atoms with E-state index < -0.39 is 12.2 Å². The zero-order valence-electron chi connectivity index (χ0n) is 8.46. The van der Waals surface area contributed by atoms with Gasteiger partial charge in [-0.25, -0.2) is 9.59 Å². The topological polar surface area (TPSA) is 89.9 Å². The van der Waals surface area contributed by atoms with E-state index in [-0.39, 0.29) is 13.1 Å². The quantitative estimate of drug-likeness (QED) is 0.721. The molecule has 0 atom stereocenters. The monoisotopic (exact) mass is 224 g/mol. The van der Waals surface area contributed by atoms with Crippen molar-refractivity contribution in [3.05, 3.63) is 30.3 Å². The largest absolute Gasteiger partial charge is 0.465 e. The van der Waals surface area contributed by atoms with Gasteiger partial charge >= 0.3 is 12.2 Å². The van der Waals surface area contributed by atoms with E-state index in [1.807, 2.05) is 0 Å². The highest BCUT2D eigenvalue weighted by Gasteiger charge is 2.13. The lowest BCUT2D eigenvalue weighted by molar-refractivity contribution is 0.192. The van der Waals surface area contributed by atoms with Crippen molar-refractivity contribution in [3.8, 4) is 0 Å². The number of carbonyl (C=O) groups is 2. The van der Waals surface area contributed by atoms with E-state index in [0.717, 1.165) is 4.90 Å². The maximum Gasteiger partial charge on any atom is 0.411 e. The van der Waals surface area contributed by atoms with Crippen molar-refractivity contribution in [1.29, 1.82) is 0 Å².